The number of oxime groups is 1. The highest BCUT2D eigenvalue weighted by atomic mass is 32.2. The van der Waals surface area contributed by atoms with Gasteiger partial charge in [-0.3, -0.25) is 19.1 Å². The first-order valence-electron chi connectivity index (χ1n) is 17.5. The Morgan fingerprint density at radius 1 is 1.02 bits per heavy atom. The first-order chi connectivity index (χ1) is 23.6. The van der Waals surface area contributed by atoms with E-state index >= 15 is 0 Å². The molecule has 0 aromatic heterocycles. The maximum absolute atomic E-state index is 14.1. The minimum atomic E-state index is -3.82. The molecule has 3 saturated carbocycles. The van der Waals surface area contributed by atoms with Gasteiger partial charge >= 0.3 is 0 Å². The molecule has 0 unspecified atom stereocenters. The number of hydrogen-bond donors (Lipinski definition) is 2. The van der Waals surface area contributed by atoms with Gasteiger partial charge in [-0.1, -0.05) is 72.6 Å². The first kappa shape index (κ1) is 33.3. The van der Waals surface area contributed by atoms with E-state index in [-0.39, 0.29) is 25.2 Å². The highest BCUT2D eigenvalue weighted by Crippen LogP contribution is 2.47. The molecule has 0 spiro atoms. The van der Waals surface area contributed by atoms with Crippen LogP contribution in [-0.4, -0.2) is 67.2 Å². The smallest absolute Gasteiger partial charge is 0.259 e. The number of carbonyl (C=O) groups excluding carboxylic acids is 3. The van der Waals surface area contributed by atoms with Gasteiger partial charge in [-0.2, -0.15) is 0 Å². The summed E-state index contributed by atoms with van der Waals surface area (Å²) >= 11 is 0. The number of fused-ring (bicyclic) bond motifs is 6. The second-order valence-corrected chi connectivity index (χ2v) is 16.2. The minimum absolute atomic E-state index is 0.146. The number of allylic oxidation sites excluding steroid dienone is 1. The molecule has 4 bridgehead atoms. The molecule has 7 rings (SSSR count). The lowest BCUT2D eigenvalue weighted by molar-refractivity contribution is -0.140. The van der Waals surface area contributed by atoms with E-state index in [1.54, 1.807) is 18.0 Å². The lowest BCUT2D eigenvalue weighted by Gasteiger charge is -2.26. The number of hydrogen-bond acceptors (Lipinski definition) is 7. The summed E-state index contributed by atoms with van der Waals surface area (Å²) in [5.74, 6) is -3.27. The highest BCUT2D eigenvalue weighted by Gasteiger charge is 2.62. The molecule has 4 aliphatic carbocycles. The minimum Gasteiger partial charge on any atom is -0.392 e. The second-order valence-electron chi connectivity index (χ2n) is 14.2. The van der Waals surface area contributed by atoms with Crippen LogP contribution in [0.3, 0.4) is 0 Å². The van der Waals surface area contributed by atoms with Gasteiger partial charge in [0.1, 0.15) is 17.4 Å². The van der Waals surface area contributed by atoms with Gasteiger partial charge in [-0.05, 0) is 74.1 Å². The predicted octanol–water partition coefficient (Wildman–Crippen LogP) is 4.94. The summed E-state index contributed by atoms with van der Waals surface area (Å²) in [6.07, 6.45) is 12.1. The summed E-state index contributed by atoms with van der Waals surface area (Å²) < 4.78 is 27.4. The Morgan fingerprint density at radius 2 is 1.78 bits per heavy atom. The maximum Gasteiger partial charge on any atom is 0.259 e. The molecule has 0 saturated heterocycles. The zero-order valence-corrected chi connectivity index (χ0v) is 28.7. The lowest BCUT2D eigenvalue weighted by Crippen LogP contribution is -2.54. The summed E-state index contributed by atoms with van der Waals surface area (Å²) in [7, 11) is -2.05. The van der Waals surface area contributed by atoms with Crippen LogP contribution in [0.5, 0.6) is 0 Å². The summed E-state index contributed by atoms with van der Waals surface area (Å²) in [4.78, 5) is 49.3. The van der Waals surface area contributed by atoms with Crippen molar-refractivity contribution in [3.8, 4) is 11.1 Å². The van der Waals surface area contributed by atoms with E-state index in [4.69, 9.17) is 9.99 Å². The number of rotatable bonds is 6. The summed E-state index contributed by atoms with van der Waals surface area (Å²) in [6, 6.07) is 14.4. The molecule has 5 atom stereocenters. The topological polar surface area (TPSA) is 134 Å². The zero-order chi connectivity index (χ0) is 34.3. The van der Waals surface area contributed by atoms with Gasteiger partial charge in [0, 0.05) is 30.6 Å². The van der Waals surface area contributed by atoms with E-state index in [2.05, 4.69) is 53.0 Å². The Labute approximate surface area is 288 Å². The first-order valence-corrected chi connectivity index (χ1v) is 19.1. The van der Waals surface area contributed by atoms with Crippen molar-refractivity contribution in [2.45, 2.75) is 81.1 Å². The molecule has 258 valence electrons. The fraction of sp³-hybridized carbons (Fsp3) is 0.474. The number of nitrogens with zero attached hydrogens (tertiary/aromatic N) is 2. The van der Waals surface area contributed by atoms with Gasteiger partial charge in [0.15, 0.2) is 0 Å². The number of benzene rings is 2. The molecule has 2 N–H and O–H groups in total. The molecule has 11 heteroatoms. The zero-order valence-electron chi connectivity index (χ0n) is 27.9. The Balaban J connectivity index is 1.17. The van der Waals surface area contributed by atoms with E-state index in [1.807, 2.05) is 18.2 Å². The second kappa shape index (κ2) is 13.2. The average Bonchev–Trinajstić information content (AvgIpc) is 4.00. The molecule has 5 aliphatic rings. The van der Waals surface area contributed by atoms with Crippen LogP contribution in [0.1, 0.15) is 80.9 Å². The van der Waals surface area contributed by atoms with Crippen LogP contribution in [0.25, 0.3) is 17.2 Å². The number of sulfonamides is 1. The van der Waals surface area contributed by atoms with Crippen LogP contribution in [0, 0.1) is 17.8 Å². The standard InChI is InChI=1S/C38H44N4O6S/c1-3-25-23-38(25,37(45)41-49(46,47)27-16-17-27)39-35(43)32-21-26-22-33(32)36(44)42(2)19-11-7-5-4-6-8-12-24-15-18-29-28-13-9-10-14-30(28)34(40-48-26)31(29)20-24/h3,8-10,12-15,18,20,25-27,32-33H,1,4-7,11,16-17,19,21-23H2,2H3,(H,39,43)(H,41,45)/b12-8+,40-34-/t25-,26+,32+,33+,38+/m0/s1. The largest absolute Gasteiger partial charge is 0.392 e. The van der Waals surface area contributed by atoms with Crippen molar-refractivity contribution >= 4 is 39.5 Å². The molecular formula is C38H44N4O6S. The Kier molecular flexibility index (Phi) is 8.98. The van der Waals surface area contributed by atoms with E-state index in [1.165, 1.54) is 0 Å². The van der Waals surface area contributed by atoms with Gasteiger partial charge in [-0.25, -0.2) is 8.42 Å². The monoisotopic (exact) mass is 684 g/mol. The number of amides is 3. The van der Waals surface area contributed by atoms with Crippen LogP contribution >= 0.6 is 0 Å². The third-order valence-corrected chi connectivity index (χ3v) is 12.6. The third kappa shape index (κ3) is 6.57. The van der Waals surface area contributed by atoms with Gasteiger partial charge in [0.05, 0.1) is 17.1 Å². The average molecular weight is 685 g/mol. The van der Waals surface area contributed by atoms with Gasteiger partial charge in [0.25, 0.3) is 5.91 Å². The molecule has 1 heterocycles. The van der Waals surface area contributed by atoms with E-state index in [9.17, 15) is 22.8 Å². The van der Waals surface area contributed by atoms with Crippen molar-refractivity contribution in [3.63, 3.8) is 0 Å². The van der Waals surface area contributed by atoms with Crippen LogP contribution in [0.15, 0.2) is 66.4 Å². The van der Waals surface area contributed by atoms with Crippen molar-refractivity contribution in [1.29, 1.82) is 0 Å². The molecule has 1 aliphatic heterocycles. The maximum atomic E-state index is 14.1. The van der Waals surface area contributed by atoms with E-state index in [0.29, 0.717) is 25.1 Å². The predicted molar refractivity (Wildman–Crippen MR) is 188 cm³/mol. The quantitative estimate of drug-likeness (QED) is 0.354. The third-order valence-electron chi connectivity index (χ3n) is 10.8. The highest BCUT2D eigenvalue weighted by molar-refractivity contribution is 7.91. The van der Waals surface area contributed by atoms with Crippen molar-refractivity contribution in [2.75, 3.05) is 13.6 Å². The summed E-state index contributed by atoms with van der Waals surface area (Å²) in [5, 5.41) is 7.00. The van der Waals surface area contributed by atoms with Crippen molar-refractivity contribution in [3.05, 3.63) is 77.9 Å². The van der Waals surface area contributed by atoms with Crippen LogP contribution in [0.2, 0.25) is 0 Å². The van der Waals surface area contributed by atoms with Crippen LogP contribution in [0.4, 0.5) is 0 Å². The molecule has 3 amide bonds. The van der Waals surface area contributed by atoms with Crippen LogP contribution < -0.4 is 10.0 Å². The molecule has 10 nitrogen and oxygen atoms in total. The van der Waals surface area contributed by atoms with E-state index in [0.717, 1.165) is 59.9 Å². The molecular weight excluding hydrogens is 641 g/mol. The molecule has 49 heavy (non-hydrogen) atoms. The molecule has 0 radical (unpaired) electrons. The van der Waals surface area contributed by atoms with Gasteiger partial charge in [0.2, 0.25) is 21.8 Å². The van der Waals surface area contributed by atoms with Crippen molar-refractivity contribution in [1.82, 2.24) is 14.9 Å². The Hall–Kier alpha value is -4.25. The molecule has 2 aromatic rings. The Morgan fingerprint density at radius 3 is 2.53 bits per heavy atom. The fourth-order valence-electron chi connectivity index (χ4n) is 7.64. The van der Waals surface area contributed by atoms with Gasteiger partial charge in [-0.15, -0.1) is 6.58 Å². The molecule has 3 fully saturated rings. The fourth-order valence-corrected chi connectivity index (χ4v) is 9.00. The van der Waals surface area contributed by atoms with Crippen molar-refractivity contribution < 1.29 is 27.6 Å². The van der Waals surface area contributed by atoms with Crippen molar-refractivity contribution in [2.24, 2.45) is 22.9 Å². The lowest BCUT2D eigenvalue weighted by atomic mass is 9.93. The summed E-state index contributed by atoms with van der Waals surface area (Å²) in [6.45, 7) is 4.37. The molecule has 2 aromatic carbocycles. The van der Waals surface area contributed by atoms with E-state index < -0.39 is 56.5 Å². The normalized spacial score (nSPS) is 29.9. The summed E-state index contributed by atoms with van der Waals surface area (Å²) in [5.41, 5.74) is 4.46. The Bertz CT molecular complexity index is 1850. The number of nitrogens with one attached hydrogen (secondary N) is 2. The SMILES string of the molecule is C=C[C@H]1C[C@]1(NC(=O)[C@@H]1C[C@@H]2C[C@H]1C(=O)N(C)CCCCCC/C=C/c1ccc3c(c1)/C(=N\O2)c1ccccc1-3)C(=O)NS(=O)(=O)C1CC1. The number of carbonyl (C=O) groups is 3. The van der Waals surface area contributed by atoms with Gasteiger partial charge < -0.3 is 15.1 Å². The van der Waals surface area contributed by atoms with Crippen LogP contribution in [-0.2, 0) is 29.2 Å².